The first kappa shape index (κ1) is 21.7. The Kier molecular flexibility index (Phi) is 6.02. The zero-order valence-corrected chi connectivity index (χ0v) is 17.5. The third-order valence-electron chi connectivity index (χ3n) is 5.11. The zero-order chi connectivity index (χ0) is 22.7. The van der Waals surface area contributed by atoms with E-state index in [-0.39, 0.29) is 5.56 Å². The van der Waals surface area contributed by atoms with Crippen LogP contribution >= 0.6 is 11.6 Å². The lowest BCUT2D eigenvalue weighted by Gasteiger charge is -2.14. The van der Waals surface area contributed by atoms with Crippen molar-refractivity contribution in [3.05, 3.63) is 112 Å². The summed E-state index contributed by atoms with van der Waals surface area (Å²) in [6.07, 6.45) is -1.64. The standard InChI is InChI=1S/C25H17ClF3N3/c26-23-12-18(21-3-1-2-4-22(21)25(27,28)29)9-10-19(23)13-24-31-15-20(32-24)11-16-5-7-17(14-30)8-6-16/h1-10,12,15H,11,13H2,(H,31,32). The van der Waals surface area contributed by atoms with Gasteiger partial charge >= 0.3 is 6.18 Å². The summed E-state index contributed by atoms with van der Waals surface area (Å²) >= 11 is 6.41. The number of hydrogen-bond acceptors (Lipinski definition) is 2. The Hall–Kier alpha value is -3.56. The van der Waals surface area contributed by atoms with Crippen LogP contribution in [0.1, 0.15) is 33.8 Å². The van der Waals surface area contributed by atoms with Crippen LogP contribution in [-0.2, 0) is 19.0 Å². The van der Waals surface area contributed by atoms with E-state index in [9.17, 15) is 13.2 Å². The van der Waals surface area contributed by atoms with Crippen LogP contribution in [0.15, 0.2) is 72.9 Å². The minimum absolute atomic E-state index is 0.0937. The third-order valence-corrected chi connectivity index (χ3v) is 5.46. The van der Waals surface area contributed by atoms with E-state index in [0.29, 0.717) is 34.8 Å². The van der Waals surface area contributed by atoms with Gasteiger partial charge in [0, 0.05) is 29.8 Å². The van der Waals surface area contributed by atoms with E-state index in [4.69, 9.17) is 16.9 Å². The number of H-pyrrole nitrogens is 1. The zero-order valence-electron chi connectivity index (χ0n) is 16.7. The number of nitrogens with one attached hydrogen (secondary N) is 1. The SMILES string of the molecule is N#Cc1ccc(Cc2cnc(Cc3ccc(-c4ccccc4C(F)(F)F)cc3Cl)[nH]2)cc1. The fourth-order valence-electron chi connectivity index (χ4n) is 3.52. The Bertz CT molecular complexity index is 1290. The van der Waals surface area contributed by atoms with Crippen LogP contribution in [0.3, 0.4) is 0 Å². The predicted octanol–water partition coefficient (Wildman–Crippen LogP) is 6.80. The van der Waals surface area contributed by atoms with E-state index >= 15 is 0 Å². The van der Waals surface area contributed by atoms with Crippen molar-refractivity contribution in [2.45, 2.75) is 19.0 Å². The molecule has 0 saturated carbocycles. The Morgan fingerprint density at radius 2 is 1.72 bits per heavy atom. The normalized spacial score (nSPS) is 11.3. The summed E-state index contributed by atoms with van der Waals surface area (Å²) in [5.74, 6) is 0.707. The van der Waals surface area contributed by atoms with Crippen LogP contribution in [0.2, 0.25) is 5.02 Å². The molecule has 0 aliphatic carbocycles. The molecule has 0 radical (unpaired) electrons. The molecule has 1 N–H and O–H groups in total. The van der Waals surface area contributed by atoms with Crippen LogP contribution < -0.4 is 0 Å². The summed E-state index contributed by atoms with van der Waals surface area (Å²) in [4.78, 5) is 7.65. The number of hydrogen-bond donors (Lipinski definition) is 1. The van der Waals surface area contributed by atoms with Gasteiger partial charge in [0.15, 0.2) is 0 Å². The molecule has 0 bridgehead atoms. The van der Waals surface area contributed by atoms with Gasteiger partial charge < -0.3 is 4.98 Å². The molecule has 0 spiro atoms. The highest BCUT2D eigenvalue weighted by Crippen LogP contribution is 2.38. The fraction of sp³-hybridized carbons (Fsp3) is 0.120. The molecule has 160 valence electrons. The minimum Gasteiger partial charge on any atom is -0.345 e. The number of nitrogens with zero attached hydrogens (tertiary/aromatic N) is 2. The number of imidazole rings is 1. The van der Waals surface area contributed by atoms with Crippen molar-refractivity contribution in [1.29, 1.82) is 5.26 Å². The summed E-state index contributed by atoms with van der Waals surface area (Å²) in [6, 6.07) is 19.8. The molecule has 0 atom stereocenters. The van der Waals surface area contributed by atoms with Gasteiger partial charge in [0.05, 0.1) is 17.2 Å². The summed E-state index contributed by atoms with van der Waals surface area (Å²) < 4.78 is 40.0. The van der Waals surface area contributed by atoms with Gasteiger partial charge in [-0.1, -0.05) is 54.1 Å². The van der Waals surface area contributed by atoms with Gasteiger partial charge in [-0.15, -0.1) is 0 Å². The topological polar surface area (TPSA) is 52.5 Å². The number of benzene rings is 3. The highest BCUT2D eigenvalue weighted by Gasteiger charge is 2.33. The van der Waals surface area contributed by atoms with Crippen molar-refractivity contribution in [3.63, 3.8) is 0 Å². The highest BCUT2D eigenvalue weighted by molar-refractivity contribution is 6.31. The van der Waals surface area contributed by atoms with Crippen molar-refractivity contribution in [2.75, 3.05) is 0 Å². The molecule has 0 saturated heterocycles. The number of rotatable bonds is 5. The fourth-order valence-corrected chi connectivity index (χ4v) is 3.77. The van der Waals surface area contributed by atoms with E-state index in [2.05, 4.69) is 16.0 Å². The molecule has 0 aliphatic heterocycles. The van der Waals surface area contributed by atoms with E-state index in [1.165, 1.54) is 12.1 Å². The molecular weight excluding hydrogens is 435 g/mol. The summed E-state index contributed by atoms with van der Waals surface area (Å²) in [5.41, 5.74) is 3.14. The van der Waals surface area contributed by atoms with Crippen molar-refractivity contribution in [3.8, 4) is 17.2 Å². The molecule has 0 unspecified atom stereocenters. The van der Waals surface area contributed by atoms with Crippen LogP contribution in [0.25, 0.3) is 11.1 Å². The molecular formula is C25H17ClF3N3. The predicted molar refractivity (Wildman–Crippen MR) is 117 cm³/mol. The maximum Gasteiger partial charge on any atom is 0.417 e. The number of alkyl halides is 3. The molecule has 3 nitrogen and oxygen atoms in total. The maximum absolute atomic E-state index is 13.3. The number of nitriles is 1. The van der Waals surface area contributed by atoms with Gasteiger partial charge in [-0.3, -0.25) is 0 Å². The van der Waals surface area contributed by atoms with E-state index in [1.807, 2.05) is 12.1 Å². The van der Waals surface area contributed by atoms with E-state index in [0.717, 1.165) is 22.9 Å². The number of halogens is 4. The van der Waals surface area contributed by atoms with E-state index in [1.54, 1.807) is 42.6 Å². The van der Waals surface area contributed by atoms with Crippen LogP contribution in [0.4, 0.5) is 13.2 Å². The quantitative estimate of drug-likeness (QED) is 0.362. The van der Waals surface area contributed by atoms with Crippen molar-refractivity contribution < 1.29 is 13.2 Å². The second-order valence-electron chi connectivity index (χ2n) is 7.37. The first-order valence-corrected chi connectivity index (χ1v) is 10.2. The lowest BCUT2D eigenvalue weighted by molar-refractivity contribution is -0.137. The Balaban J connectivity index is 1.51. The van der Waals surface area contributed by atoms with Gasteiger partial charge in [0.25, 0.3) is 0 Å². The van der Waals surface area contributed by atoms with Crippen molar-refractivity contribution in [2.24, 2.45) is 0 Å². The molecule has 0 amide bonds. The Morgan fingerprint density at radius 3 is 2.41 bits per heavy atom. The second kappa shape index (κ2) is 8.89. The third kappa shape index (κ3) is 4.84. The van der Waals surface area contributed by atoms with Gasteiger partial charge in [0.2, 0.25) is 0 Å². The smallest absolute Gasteiger partial charge is 0.345 e. The first-order chi connectivity index (χ1) is 15.3. The van der Waals surface area contributed by atoms with Crippen molar-refractivity contribution in [1.82, 2.24) is 9.97 Å². The summed E-state index contributed by atoms with van der Waals surface area (Å²) in [6.45, 7) is 0. The van der Waals surface area contributed by atoms with Crippen LogP contribution in [-0.4, -0.2) is 9.97 Å². The number of aromatic amines is 1. The summed E-state index contributed by atoms with van der Waals surface area (Å²) in [5, 5.41) is 9.27. The molecule has 4 aromatic rings. The van der Waals surface area contributed by atoms with Gasteiger partial charge in [-0.25, -0.2) is 4.98 Å². The highest BCUT2D eigenvalue weighted by atomic mass is 35.5. The van der Waals surface area contributed by atoms with Gasteiger partial charge in [-0.05, 0) is 46.5 Å². The lowest BCUT2D eigenvalue weighted by Crippen LogP contribution is -2.06. The molecule has 7 heteroatoms. The maximum atomic E-state index is 13.3. The van der Waals surface area contributed by atoms with Crippen molar-refractivity contribution >= 4 is 11.6 Å². The lowest BCUT2D eigenvalue weighted by atomic mass is 9.97. The van der Waals surface area contributed by atoms with Crippen LogP contribution in [0.5, 0.6) is 0 Å². The van der Waals surface area contributed by atoms with Crippen LogP contribution in [0, 0.1) is 11.3 Å². The molecule has 1 heterocycles. The Labute approximate surface area is 188 Å². The Morgan fingerprint density at radius 1 is 0.969 bits per heavy atom. The van der Waals surface area contributed by atoms with E-state index < -0.39 is 11.7 Å². The molecule has 32 heavy (non-hydrogen) atoms. The molecule has 0 fully saturated rings. The second-order valence-corrected chi connectivity index (χ2v) is 7.77. The van der Waals surface area contributed by atoms with Gasteiger partial charge in [-0.2, -0.15) is 18.4 Å². The number of aromatic nitrogens is 2. The first-order valence-electron chi connectivity index (χ1n) is 9.80. The average molecular weight is 452 g/mol. The average Bonchev–Trinajstić information content (AvgIpc) is 3.22. The van der Waals surface area contributed by atoms with Gasteiger partial charge in [0.1, 0.15) is 5.82 Å². The molecule has 0 aliphatic rings. The molecule has 3 aromatic carbocycles. The molecule has 4 rings (SSSR count). The monoisotopic (exact) mass is 451 g/mol. The minimum atomic E-state index is -4.44. The molecule has 1 aromatic heterocycles. The largest absolute Gasteiger partial charge is 0.417 e. The summed E-state index contributed by atoms with van der Waals surface area (Å²) in [7, 11) is 0.